The number of benzene rings is 1. The van der Waals surface area contributed by atoms with Gasteiger partial charge in [0.15, 0.2) is 0 Å². The van der Waals surface area contributed by atoms with E-state index in [9.17, 15) is 9.90 Å². The third-order valence-electron chi connectivity index (χ3n) is 4.35. The Hall–Kier alpha value is -2.49. The second kappa shape index (κ2) is 11.4. The van der Waals surface area contributed by atoms with Gasteiger partial charge in [-0.3, -0.25) is 4.79 Å². The largest absolute Gasteiger partial charge is 0.507 e. The topological polar surface area (TPSA) is 55.8 Å². The van der Waals surface area contributed by atoms with Crippen LogP contribution in [0.2, 0.25) is 0 Å². The van der Waals surface area contributed by atoms with Crippen LogP contribution in [-0.4, -0.2) is 18.2 Å². The van der Waals surface area contributed by atoms with Gasteiger partial charge in [-0.1, -0.05) is 34.9 Å². The van der Waals surface area contributed by atoms with Crippen molar-refractivity contribution in [3.05, 3.63) is 52.1 Å². The molecule has 1 rings (SSSR count). The molecule has 0 radical (unpaired) electrons. The van der Waals surface area contributed by atoms with Crippen LogP contribution in [0, 0.1) is 0 Å². The predicted octanol–water partition coefficient (Wildman–Crippen LogP) is 6.07. The molecule has 0 atom stereocenters. The second-order valence-corrected chi connectivity index (χ2v) is 7.54. The number of hydrogen-bond acceptors (Lipinski definition) is 4. The minimum atomic E-state index is -0.420. The Labute approximate surface area is 169 Å². The maximum Gasteiger partial charge on any atom is 0.308 e. The summed E-state index contributed by atoms with van der Waals surface area (Å²) in [5.41, 5.74) is 5.06. The van der Waals surface area contributed by atoms with Crippen molar-refractivity contribution in [3.8, 4) is 17.2 Å². The number of methoxy groups -OCH3 is 1. The summed E-state index contributed by atoms with van der Waals surface area (Å²) < 4.78 is 11.0. The van der Waals surface area contributed by atoms with Gasteiger partial charge >= 0.3 is 5.97 Å². The molecular weight excluding hydrogens is 352 g/mol. The first kappa shape index (κ1) is 23.5. The van der Waals surface area contributed by atoms with E-state index in [0.29, 0.717) is 29.9 Å². The molecular formula is C24H34O4. The summed E-state index contributed by atoms with van der Waals surface area (Å²) in [6, 6.07) is 1.60. The van der Waals surface area contributed by atoms with Crippen molar-refractivity contribution in [2.75, 3.05) is 7.11 Å². The lowest BCUT2D eigenvalue weighted by molar-refractivity contribution is -0.132. The highest BCUT2D eigenvalue weighted by Crippen LogP contribution is 2.40. The number of hydrogen-bond donors (Lipinski definition) is 1. The molecule has 0 spiro atoms. The van der Waals surface area contributed by atoms with Gasteiger partial charge < -0.3 is 14.6 Å². The van der Waals surface area contributed by atoms with Crippen molar-refractivity contribution in [1.29, 1.82) is 0 Å². The molecule has 0 unspecified atom stereocenters. The Morgan fingerprint density at radius 2 is 1.57 bits per heavy atom. The highest BCUT2D eigenvalue weighted by atomic mass is 16.5. The van der Waals surface area contributed by atoms with E-state index < -0.39 is 5.97 Å². The quantitative estimate of drug-likeness (QED) is 0.318. The van der Waals surface area contributed by atoms with Crippen molar-refractivity contribution < 1.29 is 19.4 Å². The number of phenols is 1. The number of rotatable bonds is 9. The summed E-state index contributed by atoms with van der Waals surface area (Å²) in [5, 5.41) is 10.6. The second-order valence-electron chi connectivity index (χ2n) is 7.54. The van der Waals surface area contributed by atoms with E-state index in [4.69, 9.17) is 9.47 Å². The SMILES string of the molecule is COc1cc(O)c(C/C=C(\C)CCC=C(C)C)c(OC(C)=O)c1CC=C(C)C. The zero-order valence-corrected chi connectivity index (χ0v) is 18.3. The number of allylic oxidation sites excluding steroid dienone is 6. The fourth-order valence-corrected chi connectivity index (χ4v) is 2.82. The van der Waals surface area contributed by atoms with Crippen molar-refractivity contribution in [1.82, 2.24) is 0 Å². The van der Waals surface area contributed by atoms with Crippen LogP contribution in [0.5, 0.6) is 17.2 Å². The van der Waals surface area contributed by atoms with E-state index >= 15 is 0 Å². The van der Waals surface area contributed by atoms with Crippen LogP contribution in [0.25, 0.3) is 0 Å². The molecule has 154 valence electrons. The average molecular weight is 387 g/mol. The number of carbonyl (C=O) groups excluding carboxylic acids is 1. The van der Waals surface area contributed by atoms with Crippen LogP contribution in [0.3, 0.4) is 0 Å². The third kappa shape index (κ3) is 7.63. The highest BCUT2D eigenvalue weighted by molar-refractivity contribution is 5.72. The molecule has 28 heavy (non-hydrogen) atoms. The Balaban J connectivity index is 3.31. The Kier molecular flexibility index (Phi) is 9.57. The lowest BCUT2D eigenvalue weighted by Gasteiger charge is -2.18. The molecule has 4 heteroatoms. The van der Waals surface area contributed by atoms with Gasteiger partial charge in [0.1, 0.15) is 17.2 Å². The minimum Gasteiger partial charge on any atom is -0.507 e. The van der Waals surface area contributed by atoms with Crippen LogP contribution in [0.4, 0.5) is 0 Å². The summed E-state index contributed by atoms with van der Waals surface area (Å²) in [6.45, 7) is 11.7. The van der Waals surface area contributed by atoms with Gasteiger partial charge in [-0.15, -0.1) is 0 Å². The normalized spacial score (nSPS) is 11.0. The van der Waals surface area contributed by atoms with E-state index in [0.717, 1.165) is 24.0 Å². The molecule has 0 saturated carbocycles. The molecule has 0 aromatic heterocycles. The van der Waals surface area contributed by atoms with Gasteiger partial charge in [0.05, 0.1) is 7.11 Å². The summed E-state index contributed by atoms with van der Waals surface area (Å²) in [5.74, 6) is 0.563. The Bertz CT molecular complexity index is 774. The summed E-state index contributed by atoms with van der Waals surface area (Å²) in [6.07, 6.45) is 9.33. The molecule has 0 amide bonds. The predicted molar refractivity (Wildman–Crippen MR) is 115 cm³/mol. The van der Waals surface area contributed by atoms with Gasteiger partial charge in [-0.2, -0.15) is 0 Å². The minimum absolute atomic E-state index is 0.0717. The van der Waals surface area contributed by atoms with Gasteiger partial charge in [0, 0.05) is 24.1 Å². The van der Waals surface area contributed by atoms with Gasteiger partial charge in [-0.05, 0) is 60.3 Å². The average Bonchev–Trinajstić information content (AvgIpc) is 2.58. The van der Waals surface area contributed by atoms with Gasteiger partial charge in [0.2, 0.25) is 0 Å². The lowest BCUT2D eigenvalue weighted by Crippen LogP contribution is -2.08. The molecule has 1 N–H and O–H groups in total. The first-order valence-electron chi connectivity index (χ1n) is 9.68. The molecule has 4 nitrogen and oxygen atoms in total. The van der Waals surface area contributed by atoms with E-state index in [2.05, 4.69) is 32.9 Å². The Morgan fingerprint density at radius 1 is 0.964 bits per heavy atom. The molecule has 0 heterocycles. The monoisotopic (exact) mass is 386 g/mol. The smallest absolute Gasteiger partial charge is 0.308 e. The van der Waals surface area contributed by atoms with Crippen LogP contribution in [-0.2, 0) is 17.6 Å². The fourth-order valence-electron chi connectivity index (χ4n) is 2.82. The summed E-state index contributed by atoms with van der Waals surface area (Å²) >= 11 is 0. The summed E-state index contributed by atoms with van der Waals surface area (Å²) in [4.78, 5) is 11.7. The van der Waals surface area contributed by atoms with Crippen LogP contribution in [0.1, 0.15) is 65.5 Å². The Morgan fingerprint density at radius 3 is 2.11 bits per heavy atom. The molecule has 0 aliphatic heterocycles. The molecule has 0 fully saturated rings. The van der Waals surface area contributed by atoms with E-state index in [1.165, 1.54) is 18.1 Å². The molecule has 0 bridgehead atoms. The summed E-state index contributed by atoms with van der Waals surface area (Å²) in [7, 11) is 1.55. The van der Waals surface area contributed by atoms with Gasteiger partial charge in [0.25, 0.3) is 0 Å². The van der Waals surface area contributed by atoms with Crippen molar-refractivity contribution in [2.24, 2.45) is 0 Å². The molecule has 0 saturated heterocycles. The van der Waals surface area contributed by atoms with Crippen molar-refractivity contribution in [3.63, 3.8) is 0 Å². The van der Waals surface area contributed by atoms with E-state index in [-0.39, 0.29) is 5.75 Å². The van der Waals surface area contributed by atoms with Crippen LogP contribution < -0.4 is 9.47 Å². The highest BCUT2D eigenvalue weighted by Gasteiger charge is 2.20. The first-order valence-corrected chi connectivity index (χ1v) is 9.68. The van der Waals surface area contributed by atoms with E-state index in [1.54, 1.807) is 13.2 Å². The molecule has 0 aliphatic rings. The maximum atomic E-state index is 11.7. The molecule has 1 aromatic rings. The zero-order chi connectivity index (χ0) is 21.3. The number of ether oxygens (including phenoxy) is 2. The fraction of sp³-hybridized carbons (Fsp3) is 0.458. The van der Waals surface area contributed by atoms with Crippen LogP contribution in [0.15, 0.2) is 41.0 Å². The lowest BCUT2D eigenvalue weighted by atomic mass is 9.98. The van der Waals surface area contributed by atoms with Crippen molar-refractivity contribution in [2.45, 2.75) is 67.2 Å². The van der Waals surface area contributed by atoms with Crippen molar-refractivity contribution >= 4 is 5.97 Å². The third-order valence-corrected chi connectivity index (χ3v) is 4.35. The maximum absolute atomic E-state index is 11.7. The standard InChI is InChI=1S/C24H34O4/c1-16(2)9-8-10-18(5)12-14-20-22(26)15-23(27-7)21(13-11-17(3)4)24(20)28-19(6)25/h9,11-12,15,26H,8,10,13-14H2,1-7H3/b18-12+. The number of esters is 1. The molecule has 1 aromatic carbocycles. The number of aromatic hydroxyl groups is 1. The number of phenolic OH excluding ortho intramolecular Hbond substituents is 1. The van der Waals surface area contributed by atoms with E-state index in [1.807, 2.05) is 19.9 Å². The van der Waals surface area contributed by atoms with Crippen LogP contribution >= 0.6 is 0 Å². The first-order chi connectivity index (χ1) is 13.1. The number of carbonyl (C=O) groups is 1. The zero-order valence-electron chi connectivity index (χ0n) is 18.3. The van der Waals surface area contributed by atoms with Gasteiger partial charge in [-0.25, -0.2) is 0 Å². The molecule has 0 aliphatic carbocycles.